The number of thioether (sulfide) groups is 1. The summed E-state index contributed by atoms with van der Waals surface area (Å²) in [5.74, 6) is -1.92. The highest BCUT2D eigenvalue weighted by atomic mass is 32.2. The van der Waals surface area contributed by atoms with Gasteiger partial charge >= 0.3 is 11.9 Å². The van der Waals surface area contributed by atoms with Crippen LogP contribution in [0.15, 0.2) is 43.9 Å². The van der Waals surface area contributed by atoms with Gasteiger partial charge in [-0.2, -0.15) is 0 Å². The van der Waals surface area contributed by atoms with Crippen molar-refractivity contribution in [1.29, 1.82) is 0 Å². The van der Waals surface area contributed by atoms with Crippen LogP contribution in [0.25, 0.3) is 0 Å². The van der Waals surface area contributed by atoms with Crippen molar-refractivity contribution in [1.82, 2.24) is 0 Å². The molecule has 0 aromatic heterocycles. The maximum atomic E-state index is 13.4. The van der Waals surface area contributed by atoms with E-state index in [1.54, 1.807) is 32.5 Å². The van der Waals surface area contributed by atoms with E-state index in [1.807, 2.05) is 0 Å². The van der Waals surface area contributed by atoms with E-state index in [2.05, 4.69) is 52.0 Å². The largest absolute Gasteiger partial charge is 0.481 e. The predicted molar refractivity (Wildman–Crippen MR) is 151 cm³/mol. The number of hydrogen-bond acceptors (Lipinski definition) is 4. The van der Waals surface area contributed by atoms with Crippen LogP contribution in [0.2, 0.25) is 0 Å². The molecular formula is C29H44O5S2. The zero-order valence-corrected chi connectivity index (χ0v) is 24.6. The summed E-state index contributed by atoms with van der Waals surface area (Å²) in [6, 6.07) is 0. The van der Waals surface area contributed by atoms with Crippen molar-refractivity contribution < 1.29 is 24.0 Å². The van der Waals surface area contributed by atoms with Crippen LogP contribution in [-0.4, -0.2) is 26.4 Å². The van der Waals surface area contributed by atoms with Gasteiger partial charge in [0.1, 0.15) is 0 Å². The van der Waals surface area contributed by atoms with Gasteiger partial charge in [-0.15, -0.1) is 0 Å². The average Bonchev–Trinajstić information content (AvgIpc) is 2.73. The molecular weight excluding hydrogens is 492 g/mol. The Hall–Kier alpha value is -1.60. The SMILES string of the molecule is CC(CCCC1=CC(C)(C)C=C(CCC2=CC(C)(C)C=C(CCCC(C)(C)C(=O)O)S2)S1=O)C(=O)O. The molecule has 7 heteroatoms. The molecule has 2 atom stereocenters. The van der Waals surface area contributed by atoms with Gasteiger partial charge in [0, 0.05) is 20.6 Å². The molecule has 0 spiro atoms. The summed E-state index contributed by atoms with van der Waals surface area (Å²) in [4.78, 5) is 27.0. The fraction of sp³-hybridized carbons (Fsp3) is 0.655. The summed E-state index contributed by atoms with van der Waals surface area (Å²) in [5, 5.41) is 18.5. The van der Waals surface area contributed by atoms with Crippen molar-refractivity contribution in [3.05, 3.63) is 43.9 Å². The van der Waals surface area contributed by atoms with Crippen LogP contribution < -0.4 is 0 Å². The molecule has 2 rings (SSSR count). The third kappa shape index (κ3) is 9.37. The maximum absolute atomic E-state index is 13.4. The highest BCUT2D eigenvalue weighted by Crippen LogP contribution is 2.44. The molecule has 2 unspecified atom stereocenters. The second kappa shape index (κ2) is 12.3. The quantitative estimate of drug-likeness (QED) is 0.247. The Morgan fingerprint density at radius 3 is 1.97 bits per heavy atom. The van der Waals surface area contributed by atoms with E-state index in [9.17, 15) is 18.9 Å². The Labute approximate surface area is 224 Å². The van der Waals surface area contributed by atoms with E-state index in [0.717, 1.165) is 41.9 Å². The number of carbonyl (C=O) groups is 2. The highest BCUT2D eigenvalue weighted by Gasteiger charge is 2.29. The Bertz CT molecular complexity index is 995. The monoisotopic (exact) mass is 536 g/mol. The van der Waals surface area contributed by atoms with Crippen molar-refractivity contribution in [2.24, 2.45) is 22.2 Å². The van der Waals surface area contributed by atoms with Gasteiger partial charge in [-0.3, -0.25) is 9.59 Å². The minimum absolute atomic E-state index is 0.0660. The zero-order chi connectivity index (χ0) is 27.3. The molecule has 5 nitrogen and oxygen atoms in total. The van der Waals surface area contributed by atoms with Gasteiger partial charge in [0.05, 0.1) is 22.1 Å². The van der Waals surface area contributed by atoms with Gasteiger partial charge in [-0.1, -0.05) is 70.7 Å². The molecule has 2 aliphatic heterocycles. The minimum atomic E-state index is -1.17. The van der Waals surface area contributed by atoms with Gasteiger partial charge < -0.3 is 10.2 Å². The van der Waals surface area contributed by atoms with E-state index in [4.69, 9.17) is 5.11 Å². The topological polar surface area (TPSA) is 91.7 Å². The summed E-state index contributed by atoms with van der Waals surface area (Å²) in [5.41, 5.74) is -0.953. The van der Waals surface area contributed by atoms with E-state index in [0.29, 0.717) is 19.3 Å². The van der Waals surface area contributed by atoms with Gasteiger partial charge in [-0.05, 0) is 75.0 Å². The van der Waals surface area contributed by atoms with Crippen molar-refractivity contribution in [2.75, 3.05) is 0 Å². The molecule has 0 radical (unpaired) electrons. The summed E-state index contributed by atoms with van der Waals surface area (Å²) < 4.78 is 13.4. The number of hydrogen-bond donors (Lipinski definition) is 2. The fourth-order valence-corrected chi connectivity index (χ4v) is 7.87. The third-order valence-electron chi connectivity index (χ3n) is 6.77. The summed E-state index contributed by atoms with van der Waals surface area (Å²) in [7, 11) is -1.17. The highest BCUT2D eigenvalue weighted by molar-refractivity contribution is 8.06. The van der Waals surface area contributed by atoms with Crippen molar-refractivity contribution in [3.8, 4) is 0 Å². The maximum Gasteiger partial charge on any atom is 0.309 e. The molecule has 2 aliphatic rings. The Balaban J connectivity index is 1.99. The smallest absolute Gasteiger partial charge is 0.309 e. The molecule has 0 bridgehead atoms. The zero-order valence-electron chi connectivity index (χ0n) is 23.0. The first kappa shape index (κ1) is 30.6. The molecule has 0 amide bonds. The van der Waals surface area contributed by atoms with E-state index in [1.165, 1.54) is 9.81 Å². The van der Waals surface area contributed by atoms with Crippen LogP contribution in [0.3, 0.4) is 0 Å². The summed E-state index contributed by atoms with van der Waals surface area (Å²) >= 11 is 1.78. The minimum Gasteiger partial charge on any atom is -0.481 e. The molecule has 0 aromatic carbocycles. The molecule has 202 valence electrons. The molecule has 0 aliphatic carbocycles. The average molecular weight is 537 g/mol. The van der Waals surface area contributed by atoms with Crippen LogP contribution in [0.1, 0.15) is 99.8 Å². The first-order valence-corrected chi connectivity index (χ1v) is 14.9. The fourth-order valence-electron chi connectivity index (χ4n) is 4.59. The molecule has 0 aromatic rings. The first-order valence-electron chi connectivity index (χ1n) is 12.9. The molecule has 0 saturated carbocycles. The second-order valence-corrected chi connectivity index (χ2v) is 15.0. The van der Waals surface area contributed by atoms with Crippen LogP contribution in [0.5, 0.6) is 0 Å². The lowest BCUT2D eigenvalue weighted by Crippen LogP contribution is -2.23. The lowest BCUT2D eigenvalue weighted by atomic mass is 9.86. The van der Waals surface area contributed by atoms with Gasteiger partial charge in [0.15, 0.2) is 0 Å². The van der Waals surface area contributed by atoms with Crippen molar-refractivity contribution in [3.63, 3.8) is 0 Å². The normalized spacial score (nSPS) is 22.1. The predicted octanol–water partition coefficient (Wildman–Crippen LogP) is 8.04. The van der Waals surface area contributed by atoms with E-state index >= 15 is 0 Å². The number of rotatable bonds is 13. The number of carboxylic acids is 2. The molecule has 2 N–H and O–H groups in total. The summed E-state index contributed by atoms with van der Waals surface area (Å²) in [6.45, 7) is 13.9. The van der Waals surface area contributed by atoms with Crippen molar-refractivity contribution >= 4 is 34.5 Å². The molecule has 0 fully saturated rings. The molecule has 0 saturated heterocycles. The van der Waals surface area contributed by atoms with Gasteiger partial charge in [0.25, 0.3) is 0 Å². The Morgan fingerprint density at radius 1 is 0.889 bits per heavy atom. The molecule has 36 heavy (non-hydrogen) atoms. The number of carboxylic acid groups (broad SMARTS) is 2. The third-order valence-corrected chi connectivity index (χ3v) is 9.54. The first-order chi connectivity index (χ1) is 16.5. The molecule has 2 heterocycles. The lowest BCUT2D eigenvalue weighted by Gasteiger charge is -2.28. The number of aliphatic carboxylic acids is 2. The van der Waals surface area contributed by atoms with Gasteiger partial charge in [-0.25, -0.2) is 4.21 Å². The second-order valence-electron chi connectivity index (χ2n) is 12.1. The summed E-state index contributed by atoms with van der Waals surface area (Å²) in [6.07, 6.45) is 14.7. The standard InChI is InChI=1S/C29H44O5S2/c1-20(25(30)31)10-8-12-23-18-28(4,5)19-24(36(23)34)14-13-22-17-27(2,3)16-21(35-22)11-9-15-29(6,7)26(32)33/h16-20H,8-15H2,1-7H3,(H,30,31)(H,32,33). The van der Waals surface area contributed by atoms with E-state index in [-0.39, 0.29) is 16.7 Å². The van der Waals surface area contributed by atoms with Crippen LogP contribution >= 0.6 is 11.8 Å². The van der Waals surface area contributed by atoms with Gasteiger partial charge in [0.2, 0.25) is 0 Å². The number of allylic oxidation sites excluding steroid dienone is 8. The Morgan fingerprint density at radius 2 is 1.42 bits per heavy atom. The van der Waals surface area contributed by atoms with E-state index < -0.39 is 28.2 Å². The Kier molecular flexibility index (Phi) is 10.5. The van der Waals surface area contributed by atoms with Crippen molar-refractivity contribution in [2.45, 2.75) is 99.8 Å². The van der Waals surface area contributed by atoms with Crippen LogP contribution in [0.4, 0.5) is 0 Å². The lowest BCUT2D eigenvalue weighted by molar-refractivity contribution is -0.147. The van der Waals surface area contributed by atoms with Crippen LogP contribution in [0, 0.1) is 22.2 Å². The van der Waals surface area contributed by atoms with Crippen LogP contribution in [-0.2, 0) is 20.4 Å².